The van der Waals surface area contributed by atoms with E-state index in [1.165, 1.54) is 24.3 Å². The molecule has 0 atom stereocenters. The van der Waals surface area contributed by atoms with Crippen LogP contribution >= 0.6 is 22.7 Å². The van der Waals surface area contributed by atoms with Crippen LogP contribution in [0.2, 0.25) is 0 Å². The Morgan fingerprint density at radius 3 is 2.65 bits per heavy atom. The molecule has 0 aliphatic carbocycles. The lowest BCUT2D eigenvalue weighted by Gasteiger charge is -2.17. The van der Waals surface area contributed by atoms with E-state index in [-0.39, 0.29) is 11.8 Å². The van der Waals surface area contributed by atoms with E-state index >= 15 is 0 Å². The Hall–Kier alpha value is -2.77. The number of thiazole rings is 1. The summed E-state index contributed by atoms with van der Waals surface area (Å²) in [5, 5.41) is 7.19. The maximum absolute atomic E-state index is 12.0. The first kappa shape index (κ1) is 18.0. The van der Waals surface area contributed by atoms with Crippen LogP contribution in [0.15, 0.2) is 59.3 Å². The zero-order valence-corrected chi connectivity index (χ0v) is 15.7. The quantitative estimate of drug-likeness (QED) is 0.648. The Bertz CT molecular complexity index is 902. The molecule has 2 heterocycles. The molecule has 3 rings (SSSR count). The molecular formula is C19H17N3O2S2. The fourth-order valence-corrected chi connectivity index (χ4v) is 3.77. The van der Waals surface area contributed by atoms with Crippen LogP contribution in [0.3, 0.4) is 0 Å². The minimum absolute atomic E-state index is 0.116. The lowest BCUT2D eigenvalue weighted by atomic mass is 10.3. The van der Waals surface area contributed by atoms with Gasteiger partial charge >= 0.3 is 0 Å². The molecule has 7 heteroatoms. The van der Waals surface area contributed by atoms with Crippen LogP contribution in [0.5, 0.6) is 0 Å². The Morgan fingerprint density at radius 2 is 1.96 bits per heavy atom. The minimum Gasteiger partial charge on any atom is -0.348 e. The maximum atomic E-state index is 12.0. The van der Waals surface area contributed by atoms with Crippen molar-refractivity contribution in [3.8, 4) is 0 Å². The molecular weight excluding hydrogens is 366 g/mol. The highest BCUT2D eigenvalue weighted by atomic mass is 32.1. The molecule has 0 aliphatic rings. The number of carbonyl (C=O) groups excluding carboxylic acids is 2. The summed E-state index contributed by atoms with van der Waals surface area (Å²) in [6.07, 6.45) is 3.10. The van der Waals surface area contributed by atoms with Gasteiger partial charge in [0.2, 0.25) is 11.8 Å². The normalized spacial score (nSPS) is 10.8. The number of nitrogens with zero attached hydrogens (tertiary/aromatic N) is 2. The lowest BCUT2D eigenvalue weighted by Crippen LogP contribution is -2.22. The van der Waals surface area contributed by atoms with Crippen molar-refractivity contribution in [2.75, 3.05) is 4.90 Å². The zero-order valence-electron chi connectivity index (χ0n) is 14.1. The van der Waals surface area contributed by atoms with Crippen LogP contribution in [0.1, 0.15) is 17.5 Å². The first-order valence-corrected chi connectivity index (χ1v) is 9.69. The second kappa shape index (κ2) is 8.55. The third-order valence-electron chi connectivity index (χ3n) is 3.45. The van der Waals surface area contributed by atoms with Gasteiger partial charge in [0.05, 0.1) is 17.9 Å². The van der Waals surface area contributed by atoms with Gasteiger partial charge in [-0.25, -0.2) is 4.98 Å². The molecule has 0 spiro atoms. The number of rotatable bonds is 6. The van der Waals surface area contributed by atoms with Crippen LogP contribution in [-0.4, -0.2) is 16.8 Å². The third-order valence-corrected chi connectivity index (χ3v) is 5.17. The van der Waals surface area contributed by atoms with Gasteiger partial charge in [-0.05, 0) is 29.7 Å². The Morgan fingerprint density at radius 1 is 1.15 bits per heavy atom. The molecule has 0 aliphatic heterocycles. The first-order valence-electron chi connectivity index (χ1n) is 7.93. The molecule has 3 aromatic rings. The van der Waals surface area contributed by atoms with Crippen molar-refractivity contribution in [3.05, 3.63) is 69.9 Å². The smallest absolute Gasteiger partial charge is 0.244 e. The first-order chi connectivity index (χ1) is 12.6. The highest BCUT2D eigenvalue weighted by Gasteiger charge is 2.17. The number of amides is 2. The molecule has 0 bridgehead atoms. The van der Waals surface area contributed by atoms with Crippen molar-refractivity contribution in [2.45, 2.75) is 13.5 Å². The van der Waals surface area contributed by atoms with Gasteiger partial charge in [-0.1, -0.05) is 24.3 Å². The van der Waals surface area contributed by atoms with Crippen molar-refractivity contribution in [3.63, 3.8) is 0 Å². The van der Waals surface area contributed by atoms with E-state index in [2.05, 4.69) is 10.3 Å². The minimum atomic E-state index is -0.181. The van der Waals surface area contributed by atoms with Crippen molar-refractivity contribution >= 4 is 51.4 Å². The van der Waals surface area contributed by atoms with Gasteiger partial charge < -0.3 is 5.32 Å². The van der Waals surface area contributed by atoms with E-state index in [9.17, 15) is 9.59 Å². The number of nitrogens with one attached hydrogen (secondary N) is 1. The zero-order chi connectivity index (χ0) is 18.4. The van der Waals surface area contributed by atoms with Gasteiger partial charge in [-0.15, -0.1) is 22.7 Å². The van der Waals surface area contributed by atoms with Crippen molar-refractivity contribution in [2.24, 2.45) is 0 Å². The molecule has 0 fully saturated rings. The van der Waals surface area contributed by atoms with Crippen LogP contribution < -0.4 is 10.2 Å². The summed E-state index contributed by atoms with van der Waals surface area (Å²) >= 11 is 2.96. The monoisotopic (exact) mass is 383 g/mol. The lowest BCUT2D eigenvalue weighted by molar-refractivity contribution is -0.117. The Balaban J connectivity index is 1.66. The molecule has 1 aromatic carbocycles. The highest BCUT2D eigenvalue weighted by molar-refractivity contribution is 7.14. The van der Waals surface area contributed by atoms with Gasteiger partial charge in [0.25, 0.3) is 0 Å². The average molecular weight is 383 g/mol. The summed E-state index contributed by atoms with van der Waals surface area (Å²) in [5.41, 5.74) is 1.40. The molecule has 1 N–H and O–H groups in total. The number of para-hydroxylation sites is 1. The molecule has 0 saturated heterocycles. The summed E-state index contributed by atoms with van der Waals surface area (Å²) in [6, 6.07) is 13.3. The van der Waals surface area contributed by atoms with Crippen LogP contribution in [0, 0.1) is 0 Å². The van der Waals surface area contributed by atoms with E-state index in [0.29, 0.717) is 17.4 Å². The van der Waals surface area contributed by atoms with E-state index < -0.39 is 0 Å². The van der Waals surface area contributed by atoms with Crippen molar-refractivity contribution < 1.29 is 9.59 Å². The number of carbonyl (C=O) groups is 2. The topological polar surface area (TPSA) is 62.3 Å². The molecule has 5 nitrogen and oxygen atoms in total. The second-order valence-corrected chi connectivity index (χ2v) is 7.24. The molecule has 0 unspecified atom stereocenters. The van der Waals surface area contributed by atoms with Crippen LogP contribution in [-0.2, 0) is 16.1 Å². The van der Waals surface area contributed by atoms with Gasteiger partial charge in [-0.3, -0.25) is 14.5 Å². The largest absolute Gasteiger partial charge is 0.348 e. The average Bonchev–Trinajstić information content (AvgIpc) is 3.31. The Kier molecular flexibility index (Phi) is 5.93. The molecule has 132 valence electrons. The summed E-state index contributed by atoms with van der Waals surface area (Å²) in [7, 11) is 0. The summed E-state index contributed by atoms with van der Waals surface area (Å²) < 4.78 is 0. The summed E-state index contributed by atoms with van der Waals surface area (Å²) in [6.45, 7) is 2.01. The molecule has 2 amide bonds. The number of hydrogen-bond acceptors (Lipinski definition) is 5. The van der Waals surface area contributed by atoms with E-state index in [4.69, 9.17) is 0 Å². The van der Waals surface area contributed by atoms with E-state index in [1.807, 2.05) is 53.2 Å². The third kappa shape index (κ3) is 4.65. The summed E-state index contributed by atoms with van der Waals surface area (Å²) in [4.78, 5) is 31.0. The number of aromatic nitrogens is 1. The Labute approximate surface area is 159 Å². The standard InChI is InChI=1S/C19H17N3O2S2/c1-14(23)22(16-6-3-2-4-7-16)19-21-15(13-26-19)9-10-18(24)20-12-17-8-5-11-25-17/h2-11,13H,12H2,1H3,(H,20,24). The highest BCUT2D eigenvalue weighted by Crippen LogP contribution is 2.28. The van der Waals surface area contributed by atoms with Crippen LogP contribution in [0.4, 0.5) is 10.8 Å². The predicted octanol–water partition coefficient (Wildman–Crippen LogP) is 4.22. The van der Waals surface area contributed by atoms with E-state index in [1.54, 1.807) is 22.3 Å². The molecule has 0 saturated carbocycles. The van der Waals surface area contributed by atoms with Gasteiger partial charge in [0.15, 0.2) is 5.13 Å². The van der Waals surface area contributed by atoms with Crippen LogP contribution in [0.25, 0.3) is 6.08 Å². The van der Waals surface area contributed by atoms with Gasteiger partial charge in [0, 0.05) is 23.3 Å². The summed E-state index contributed by atoms with van der Waals surface area (Å²) in [5.74, 6) is -0.297. The molecule has 2 aromatic heterocycles. The fourth-order valence-electron chi connectivity index (χ4n) is 2.27. The fraction of sp³-hybridized carbons (Fsp3) is 0.105. The second-order valence-electron chi connectivity index (χ2n) is 5.38. The van der Waals surface area contributed by atoms with Gasteiger partial charge in [-0.2, -0.15) is 0 Å². The van der Waals surface area contributed by atoms with Gasteiger partial charge in [0.1, 0.15) is 0 Å². The predicted molar refractivity (Wildman–Crippen MR) is 107 cm³/mol. The number of thiophene rings is 1. The van der Waals surface area contributed by atoms with Crippen molar-refractivity contribution in [1.82, 2.24) is 10.3 Å². The maximum Gasteiger partial charge on any atom is 0.244 e. The van der Waals surface area contributed by atoms with Crippen molar-refractivity contribution in [1.29, 1.82) is 0 Å². The van der Waals surface area contributed by atoms with E-state index in [0.717, 1.165) is 10.6 Å². The number of anilines is 2. The number of hydrogen-bond donors (Lipinski definition) is 1. The SMILES string of the molecule is CC(=O)N(c1ccccc1)c1nc(C=CC(=O)NCc2cccs2)cs1. The molecule has 0 radical (unpaired) electrons. The molecule has 26 heavy (non-hydrogen) atoms. The number of benzene rings is 1.